The number of carbonyl (C=O) groups excluding carboxylic acids is 2. The lowest BCUT2D eigenvalue weighted by Crippen LogP contribution is -2.43. The van der Waals surface area contributed by atoms with Crippen molar-refractivity contribution in [3.63, 3.8) is 0 Å². The second-order valence-corrected chi connectivity index (χ2v) is 4.63. The van der Waals surface area contributed by atoms with Gasteiger partial charge in [0.1, 0.15) is 5.92 Å². The third-order valence-electron chi connectivity index (χ3n) is 3.03. The van der Waals surface area contributed by atoms with Crippen molar-refractivity contribution in [1.82, 2.24) is 10.7 Å². The standard InChI is InChI=1S/C14H17N3O2/c1-10-4-2-5-11(8-10)9-16-17-14(19)12-6-3-7-15-13(12)18/h2,4-5,8-9,12H,3,6-7H2,1H3,(H,15,18)(H,17,19)/b16-9-. The lowest BCUT2D eigenvalue weighted by atomic mass is 9.98. The minimum Gasteiger partial charge on any atom is -0.355 e. The fourth-order valence-electron chi connectivity index (χ4n) is 2.02. The molecule has 1 aromatic carbocycles. The van der Waals surface area contributed by atoms with E-state index >= 15 is 0 Å². The van der Waals surface area contributed by atoms with E-state index in [1.807, 2.05) is 31.2 Å². The van der Waals surface area contributed by atoms with Gasteiger partial charge in [0.25, 0.3) is 5.91 Å². The van der Waals surface area contributed by atoms with Gasteiger partial charge in [-0.05, 0) is 25.3 Å². The van der Waals surface area contributed by atoms with Crippen molar-refractivity contribution < 1.29 is 9.59 Å². The van der Waals surface area contributed by atoms with Crippen LogP contribution in [0.2, 0.25) is 0 Å². The van der Waals surface area contributed by atoms with E-state index < -0.39 is 5.92 Å². The lowest BCUT2D eigenvalue weighted by Gasteiger charge is -2.19. The van der Waals surface area contributed by atoms with E-state index in [1.54, 1.807) is 6.21 Å². The molecule has 2 rings (SSSR count). The number of amides is 2. The minimum absolute atomic E-state index is 0.213. The van der Waals surface area contributed by atoms with Gasteiger partial charge in [-0.1, -0.05) is 29.8 Å². The number of piperidine rings is 1. The highest BCUT2D eigenvalue weighted by molar-refractivity contribution is 6.00. The summed E-state index contributed by atoms with van der Waals surface area (Å²) in [6.07, 6.45) is 2.98. The molecule has 2 N–H and O–H groups in total. The quantitative estimate of drug-likeness (QED) is 0.482. The first-order valence-electron chi connectivity index (χ1n) is 6.34. The van der Waals surface area contributed by atoms with Crippen LogP contribution in [0.25, 0.3) is 0 Å². The molecule has 1 heterocycles. The van der Waals surface area contributed by atoms with Gasteiger partial charge in [-0.2, -0.15) is 5.10 Å². The predicted octanol–water partition coefficient (Wildman–Crippen LogP) is 0.971. The molecule has 0 aliphatic carbocycles. The monoisotopic (exact) mass is 259 g/mol. The maximum atomic E-state index is 11.8. The van der Waals surface area contributed by atoms with Gasteiger partial charge in [-0.25, -0.2) is 5.43 Å². The molecule has 0 saturated carbocycles. The van der Waals surface area contributed by atoms with Crippen molar-refractivity contribution in [3.8, 4) is 0 Å². The highest BCUT2D eigenvalue weighted by atomic mass is 16.2. The molecule has 1 aliphatic rings. The molecular formula is C14H17N3O2. The smallest absolute Gasteiger partial charge is 0.252 e. The molecule has 19 heavy (non-hydrogen) atoms. The number of hydrogen-bond acceptors (Lipinski definition) is 3. The van der Waals surface area contributed by atoms with Crippen LogP contribution in [-0.2, 0) is 9.59 Å². The summed E-state index contributed by atoms with van der Waals surface area (Å²) < 4.78 is 0. The van der Waals surface area contributed by atoms with Crippen LogP contribution in [0, 0.1) is 12.8 Å². The number of nitrogens with one attached hydrogen (secondary N) is 2. The third kappa shape index (κ3) is 3.64. The molecule has 1 aliphatic heterocycles. The van der Waals surface area contributed by atoms with Crippen LogP contribution in [0.1, 0.15) is 24.0 Å². The Hall–Kier alpha value is -2.17. The predicted molar refractivity (Wildman–Crippen MR) is 72.6 cm³/mol. The summed E-state index contributed by atoms with van der Waals surface area (Å²) in [5.41, 5.74) is 4.46. The summed E-state index contributed by atoms with van der Waals surface area (Å²) in [5, 5.41) is 6.56. The Morgan fingerprint density at radius 2 is 2.37 bits per heavy atom. The van der Waals surface area contributed by atoms with Crippen molar-refractivity contribution in [2.24, 2.45) is 11.0 Å². The Labute approximate surface area is 112 Å². The summed E-state index contributed by atoms with van der Waals surface area (Å²) in [7, 11) is 0. The molecule has 1 fully saturated rings. The van der Waals surface area contributed by atoms with E-state index in [4.69, 9.17) is 0 Å². The highest BCUT2D eigenvalue weighted by Crippen LogP contribution is 2.11. The Balaban J connectivity index is 1.91. The van der Waals surface area contributed by atoms with Gasteiger partial charge in [0.2, 0.25) is 5.91 Å². The molecule has 1 atom stereocenters. The number of rotatable bonds is 3. The van der Waals surface area contributed by atoms with Crippen molar-refractivity contribution in [2.45, 2.75) is 19.8 Å². The molecule has 1 saturated heterocycles. The van der Waals surface area contributed by atoms with E-state index in [2.05, 4.69) is 15.8 Å². The van der Waals surface area contributed by atoms with Gasteiger partial charge >= 0.3 is 0 Å². The molecule has 0 spiro atoms. The van der Waals surface area contributed by atoms with Crippen molar-refractivity contribution in [3.05, 3.63) is 35.4 Å². The maximum Gasteiger partial charge on any atom is 0.252 e. The number of carbonyl (C=O) groups is 2. The number of benzene rings is 1. The lowest BCUT2D eigenvalue weighted by molar-refractivity contribution is -0.136. The molecule has 5 nitrogen and oxygen atoms in total. The van der Waals surface area contributed by atoms with E-state index in [-0.39, 0.29) is 11.8 Å². The van der Waals surface area contributed by atoms with Crippen molar-refractivity contribution in [2.75, 3.05) is 6.54 Å². The molecule has 1 aromatic rings. The van der Waals surface area contributed by atoms with E-state index in [1.165, 1.54) is 0 Å². The second kappa shape index (κ2) is 6.13. The third-order valence-corrected chi connectivity index (χ3v) is 3.03. The Kier molecular flexibility index (Phi) is 4.28. The molecule has 0 radical (unpaired) electrons. The van der Waals surface area contributed by atoms with Gasteiger partial charge in [0.15, 0.2) is 0 Å². The van der Waals surface area contributed by atoms with Crippen LogP contribution in [-0.4, -0.2) is 24.6 Å². The summed E-state index contributed by atoms with van der Waals surface area (Å²) >= 11 is 0. The highest BCUT2D eigenvalue weighted by Gasteiger charge is 2.28. The summed E-state index contributed by atoms with van der Waals surface area (Å²) in [6, 6.07) is 7.77. The zero-order chi connectivity index (χ0) is 13.7. The Morgan fingerprint density at radius 3 is 3.11 bits per heavy atom. The molecule has 1 unspecified atom stereocenters. The van der Waals surface area contributed by atoms with Crippen LogP contribution >= 0.6 is 0 Å². The molecule has 0 aromatic heterocycles. The van der Waals surface area contributed by atoms with E-state index in [9.17, 15) is 9.59 Å². The summed E-state index contributed by atoms with van der Waals surface area (Å²) in [6.45, 7) is 2.64. The topological polar surface area (TPSA) is 70.6 Å². The number of aryl methyl sites for hydroxylation is 1. The fraction of sp³-hybridized carbons (Fsp3) is 0.357. The minimum atomic E-state index is -0.622. The van der Waals surface area contributed by atoms with Gasteiger partial charge in [-0.15, -0.1) is 0 Å². The maximum absolute atomic E-state index is 11.8. The summed E-state index contributed by atoms with van der Waals surface area (Å²) in [4.78, 5) is 23.3. The molecule has 0 bridgehead atoms. The SMILES string of the molecule is Cc1cccc(/C=N\NC(=O)C2CCCNC2=O)c1. The van der Waals surface area contributed by atoms with Crippen LogP contribution in [0.4, 0.5) is 0 Å². The van der Waals surface area contributed by atoms with Crippen LogP contribution < -0.4 is 10.7 Å². The molecule has 5 heteroatoms. The average molecular weight is 259 g/mol. The fourth-order valence-corrected chi connectivity index (χ4v) is 2.02. The number of nitrogens with zero attached hydrogens (tertiary/aromatic N) is 1. The largest absolute Gasteiger partial charge is 0.355 e. The first kappa shape index (κ1) is 13.3. The molecule has 2 amide bonds. The zero-order valence-corrected chi connectivity index (χ0v) is 10.8. The van der Waals surface area contributed by atoms with E-state index in [0.29, 0.717) is 13.0 Å². The zero-order valence-electron chi connectivity index (χ0n) is 10.8. The molecular weight excluding hydrogens is 242 g/mol. The Bertz CT molecular complexity index is 511. The number of hydrogen-bond donors (Lipinski definition) is 2. The Morgan fingerprint density at radius 1 is 1.53 bits per heavy atom. The first-order chi connectivity index (χ1) is 9.16. The van der Waals surface area contributed by atoms with Crippen LogP contribution in [0.3, 0.4) is 0 Å². The van der Waals surface area contributed by atoms with Gasteiger partial charge in [0.05, 0.1) is 6.21 Å². The average Bonchev–Trinajstić information content (AvgIpc) is 2.39. The van der Waals surface area contributed by atoms with Crippen molar-refractivity contribution in [1.29, 1.82) is 0 Å². The normalized spacial score (nSPS) is 19.2. The van der Waals surface area contributed by atoms with Crippen LogP contribution in [0.5, 0.6) is 0 Å². The molecule has 100 valence electrons. The summed E-state index contributed by atoms with van der Waals surface area (Å²) in [5.74, 6) is -1.18. The van der Waals surface area contributed by atoms with Gasteiger partial charge in [-0.3, -0.25) is 9.59 Å². The second-order valence-electron chi connectivity index (χ2n) is 4.63. The first-order valence-corrected chi connectivity index (χ1v) is 6.34. The number of hydrazone groups is 1. The van der Waals surface area contributed by atoms with Crippen LogP contribution in [0.15, 0.2) is 29.4 Å². The van der Waals surface area contributed by atoms with Gasteiger partial charge in [0, 0.05) is 6.54 Å². The van der Waals surface area contributed by atoms with Gasteiger partial charge < -0.3 is 5.32 Å². The van der Waals surface area contributed by atoms with E-state index in [0.717, 1.165) is 17.5 Å². The van der Waals surface area contributed by atoms with Crippen molar-refractivity contribution >= 4 is 18.0 Å².